The highest BCUT2D eigenvalue weighted by Gasteiger charge is 2.17. The number of rotatable bonds is 7. The molecule has 2 aromatic rings. The van der Waals surface area contributed by atoms with Gasteiger partial charge in [0, 0.05) is 12.5 Å². The van der Waals surface area contributed by atoms with E-state index in [4.69, 9.17) is 4.74 Å². The van der Waals surface area contributed by atoms with Gasteiger partial charge in [-0.05, 0) is 36.3 Å². The van der Waals surface area contributed by atoms with Gasteiger partial charge >= 0.3 is 0 Å². The lowest BCUT2D eigenvalue weighted by molar-refractivity contribution is -0.122. The van der Waals surface area contributed by atoms with Crippen LogP contribution in [0.15, 0.2) is 29.6 Å². The van der Waals surface area contributed by atoms with Crippen molar-refractivity contribution in [2.24, 2.45) is 5.92 Å². The molecule has 0 bridgehead atoms. The van der Waals surface area contributed by atoms with E-state index in [0.717, 1.165) is 10.6 Å². The molecule has 23 heavy (non-hydrogen) atoms. The molecule has 0 aliphatic heterocycles. The van der Waals surface area contributed by atoms with Gasteiger partial charge in [0.1, 0.15) is 12.3 Å². The molecule has 0 saturated heterocycles. The van der Waals surface area contributed by atoms with Crippen LogP contribution >= 0.6 is 11.3 Å². The zero-order chi connectivity index (χ0) is 15.9. The summed E-state index contributed by atoms with van der Waals surface area (Å²) in [7, 11) is 0. The van der Waals surface area contributed by atoms with Crippen molar-refractivity contribution in [2.75, 3.05) is 13.2 Å². The maximum Gasteiger partial charge on any atom is 0.233 e. The van der Waals surface area contributed by atoms with E-state index in [2.05, 4.69) is 15.5 Å². The third kappa shape index (κ3) is 4.76. The first-order valence-corrected chi connectivity index (χ1v) is 8.96. The Morgan fingerprint density at radius 3 is 2.83 bits per heavy atom. The Bertz CT molecular complexity index is 607. The molecule has 1 amide bonds. The van der Waals surface area contributed by atoms with Crippen molar-refractivity contribution < 1.29 is 9.53 Å². The normalized spacial score (nSPS) is 14.8. The Morgan fingerprint density at radius 1 is 1.26 bits per heavy atom. The number of carbonyl (C=O) groups is 1. The Hall–Kier alpha value is -1.95. The largest absolute Gasteiger partial charge is 0.475 e. The summed E-state index contributed by atoms with van der Waals surface area (Å²) in [6.07, 6.45) is 5.56. The average molecular weight is 331 g/mol. The molecule has 0 aromatic carbocycles. The number of nitrogens with zero attached hydrogens (tertiary/aromatic N) is 2. The summed E-state index contributed by atoms with van der Waals surface area (Å²) in [6.45, 7) is 0.906. The first-order valence-electron chi connectivity index (χ1n) is 8.08. The molecule has 0 atom stereocenters. The molecule has 1 aliphatic rings. The summed E-state index contributed by atoms with van der Waals surface area (Å²) in [4.78, 5) is 12.9. The van der Waals surface area contributed by atoms with Crippen molar-refractivity contribution >= 4 is 17.2 Å². The van der Waals surface area contributed by atoms with Crippen LogP contribution in [0.2, 0.25) is 0 Å². The van der Waals surface area contributed by atoms with Crippen LogP contribution in [0.25, 0.3) is 10.6 Å². The fourth-order valence-corrected chi connectivity index (χ4v) is 3.54. The summed E-state index contributed by atoms with van der Waals surface area (Å²) >= 11 is 1.63. The van der Waals surface area contributed by atoms with E-state index in [-0.39, 0.29) is 5.91 Å². The smallest absolute Gasteiger partial charge is 0.233 e. The van der Waals surface area contributed by atoms with Gasteiger partial charge in [-0.3, -0.25) is 4.79 Å². The molecule has 5 nitrogen and oxygen atoms in total. The second-order valence-electron chi connectivity index (χ2n) is 5.79. The Morgan fingerprint density at radius 2 is 2.13 bits per heavy atom. The van der Waals surface area contributed by atoms with Gasteiger partial charge in [0.2, 0.25) is 11.8 Å². The first kappa shape index (κ1) is 15.9. The molecular formula is C17H21N3O2S. The highest BCUT2D eigenvalue weighted by atomic mass is 32.1. The number of nitrogens with one attached hydrogen (secondary N) is 1. The fourth-order valence-electron chi connectivity index (χ4n) is 2.85. The summed E-state index contributed by atoms with van der Waals surface area (Å²) in [5, 5.41) is 13.1. The third-order valence-corrected chi connectivity index (χ3v) is 4.93. The summed E-state index contributed by atoms with van der Waals surface area (Å²) in [5.41, 5.74) is 0.845. The van der Waals surface area contributed by atoms with Crippen molar-refractivity contribution in [3.8, 4) is 16.5 Å². The lowest BCUT2D eigenvalue weighted by atomic mass is 10.0. The summed E-state index contributed by atoms with van der Waals surface area (Å²) in [6, 6.07) is 7.70. The number of ether oxygens (including phenoxy) is 1. The maximum atomic E-state index is 11.8. The minimum Gasteiger partial charge on any atom is -0.475 e. The molecule has 1 N–H and O–H groups in total. The molecular weight excluding hydrogens is 310 g/mol. The van der Waals surface area contributed by atoms with E-state index < -0.39 is 0 Å². The minimum absolute atomic E-state index is 0.125. The molecule has 6 heteroatoms. The number of amides is 1. The van der Waals surface area contributed by atoms with Crippen LogP contribution in [-0.2, 0) is 4.79 Å². The molecule has 0 spiro atoms. The molecule has 0 radical (unpaired) electrons. The molecule has 2 aromatic heterocycles. The Labute approximate surface area is 140 Å². The van der Waals surface area contributed by atoms with E-state index in [1.807, 2.05) is 29.6 Å². The van der Waals surface area contributed by atoms with Crippen LogP contribution in [0.5, 0.6) is 5.88 Å². The lowest BCUT2D eigenvalue weighted by Crippen LogP contribution is -2.29. The second kappa shape index (κ2) is 8.06. The number of thiophene rings is 1. The topological polar surface area (TPSA) is 64.1 Å². The van der Waals surface area contributed by atoms with Crippen LogP contribution in [0, 0.1) is 5.92 Å². The predicted octanol–water partition coefficient (Wildman–Crippen LogP) is 3.28. The van der Waals surface area contributed by atoms with Gasteiger partial charge in [0.15, 0.2) is 0 Å². The number of aromatic nitrogens is 2. The molecule has 2 heterocycles. The quantitative estimate of drug-likeness (QED) is 0.791. The maximum absolute atomic E-state index is 11.8. The second-order valence-corrected chi connectivity index (χ2v) is 6.73. The van der Waals surface area contributed by atoms with Crippen molar-refractivity contribution in [3.05, 3.63) is 29.6 Å². The zero-order valence-electron chi connectivity index (χ0n) is 13.0. The van der Waals surface area contributed by atoms with Gasteiger partial charge in [-0.2, -0.15) is 0 Å². The van der Waals surface area contributed by atoms with Crippen molar-refractivity contribution in [2.45, 2.75) is 32.1 Å². The lowest BCUT2D eigenvalue weighted by Gasteiger charge is -2.10. The third-order valence-electron chi connectivity index (χ3n) is 4.04. The monoisotopic (exact) mass is 331 g/mol. The van der Waals surface area contributed by atoms with E-state index in [1.54, 1.807) is 11.3 Å². The summed E-state index contributed by atoms with van der Waals surface area (Å²) in [5.74, 6) is 1.18. The zero-order valence-corrected chi connectivity index (χ0v) is 13.8. The van der Waals surface area contributed by atoms with Crippen LogP contribution in [-0.4, -0.2) is 29.3 Å². The van der Waals surface area contributed by atoms with E-state index in [1.165, 1.54) is 25.7 Å². The Kier molecular flexibility index (Phi) is 5.58. The van der Waals surface area contributed by atoms with Crippen molar-refractivity contribution in [1.29, 1.82) is 0 Å². The fraction of sp³-hybridized carbons (Fsp3) is 0.471. The van der Waals surface area contributed by atoms with Crippen LogP contribution in [0.1, 0.15) is 32.1 Å². The molecule has 1 aliphatic carbocycles. The Balaban J connectivity index is 1.36. The van der Waals surface area contributed by atoms with Gasteiger partial charge in [-0.1, -0.05) is 18.9 Å². The van der Waals surface area contributed by atoms with Gasteiger partial charge in [0.25, 0.3) is 0 Å². The standard InChI is InChI=1S/C17H21N3O2S/c21-16(12-13-4-1-2-5-13)18-9-10-22-17-8-7-14(19-20-17)15-6-3-11-23-15/h3,6-8,11,13H,1-2,4-5,9-10,12H2,(H,18,21). The minimum atomic E-state index is 0.125. The average Bonchev–Trinajstić information content (AvgIpc) is 3.26. The van der Waals surface area contributed by atoms with Crippen molar-refractivity contribution in [3.63, 3.8) is 0 Å². The molecule has 3 rings (SSSR count). The van der Waals surface area contributed by atoms with Crippen LogP contribution < -0.4 is 10.1 Å². The molecule has 0 unspecified atom stereocenters. The highest BCUT2D eigenvalue weighted by Crippen LogP contribution is 2.27. The predicted molar refractivity (Wildman–Crippen MR) is 90.4 cm³/mol. The van der Waals surface area contributed by atoms with Gasteiger partial charge in [-0.25, -0.2) is 0 Å². The van der Waals surface area contributed by atoms with E-state index in [0.29, 0.717) is 31.4 Å². The molecule has 122 valence electrons. The van der Waals surface area contributed by atoms with Crippen LogP contribution in [0.3, 0.4) is 0 Å². The highest BCUT2D eigenvalue weighted by molar-refractivity contribution is 7.13. The SMILES string of the molecule is O=C(CC1CCCC1)NCCOc1ccc(-c2cccs2)nn1. The number of hydrogen-bond acceptors (Lipinski definition) is 5. The van der Waals surface area contributed by atoms with Crippen molar-refractivity contribution in [1.82, 2.24) is 15.5 Å². The van der Waals surface area contributed by atoms with Crippen LogP contribution in [0.4, 0.5) is 0 Å². The van der Waals surface area contributed by atoms with Gasteiger partial charge in [-0.15, -0.1) is 21.5 Å². The van der Waals surface area contributed by atoms with E-state index in [9.17, 15) is 4.79 Å². The number of carbonyl (C=O) groups excluding carboxylic acids is 1. The molecule has 1 fully saturated rings. The first-order chi connectivity index (χ1) is 11.3. The van der Waals surface area contributed by atoms with E-state index >= 15 is 0 Å². The molecule has 1 saturated carbocycles. The number of hydrogen-bond donors (Lipinski definition) is 1. The van der Waals surface area contributed by atoms with Gasteiger partial charge < -0.3 is 10.1 Å². The summed E-state index contributed by atoms with van der Waals surface area (Å²) < 4.78 is 5.51. The van der Waals surface area contributed by atoms with Gasteiger partial charge in [0.05, 0.1) is 11.4 Å².